The number of nitrogens with two attached hydrogens (primary N) is 1. The van der Waals surface area contributed by atoms with E-state index in [2.05, 4.69) is 18.4 Å². The van der Waals surface area contributed by atoms with Gasteiger partial charge in [0.15, 0.2) is 0 Å². The third-order valence-electron chi connectivity index (χ3n) is 3.70. The maximum Gasteiger partial charge on any atom is 0.223 e. The molecule has 0 radical (unpaired) electrons. The van der Waals surface area contributed by atoms with Crippen LogP contribution in [0.15, 0.2) is 11.4 Å². The predicted octanol–water partition coefficient (Wildman–Crippen LogP) is 2.08. The van der Waals surface area contributed by atoms with Crippen LogP contribution in [-0.4, -0.2) is 37.1 Å². The Morgan fingerprint density at radius 1 is 1.58 bits per heavy atom. The third-order valence-corrected chi connectivity index (χ3v) is 4.79. The van der Waals surface area contributed by atoms with Crippen molar-refractivity contribution in [3.63, 3.8) is 0 Å². The molecule has 0 saturated carbocycles. The summed E-state index contributed by atoms with van der Waals surface area (Å²) in [5, 5.41) is 2.07. The Bertz CT molecular complexity index is 433. The van der Waals surface area contributed by atoms with Crippen molar-refractivity contribution in [3.05, 3.63) is 21.9 Å². The van der Waals surface area contributed by atoms with Gasteiger partial charge < -0.3 is 15.4 Å². The first-order chi connectivity index (χ1) is 9.15. The fourth-order valence-electron chi connectivity index (χ4n) is 2.65. The second-order valence-electron chi connectivity index (χ2n) is 5.05. The first-order valence-corrected chi connectivity index (χ1v) is 7.61. The van der Waals surface area contributed by atoms with Gasteiger partial charge in [0.05, 0.1) is 12.6 Å². The van der Waals surface area contributed by atoms with E-state index in [0.717, 1.165) is 12.8 Å². The topological polar surface area (TPSA) is 55.6 Å². The van der Waals surface area contributed by atoms with Crippen molar-refractivity contribution >= 4 is 17.2 Å². The molecule has 0 spiro atoms. The molecular weight excluding hydrogens is 260 g/mol. The summed E-state index contributed by atoms with van der Waals surface area (Å²) in [6.07, 6.45) is 2.37. The van der Waals surface area contributed by atoms with Gasteiger partial charge in [-0.1, -0.05) is 0 Å². The number of amides is 1. The summed E-state index contributed by atoms with van der Waals surface area (Å²) >= 11 is 1.69. The molecule has 1 aromatic heterocycles. The van der Waals surface area contributed by atoms with Gasteiger partial charge in [0.2, 0.25) is 5.91 Å². The summed E-state index contributed by atoms with van der Waals surface area (Å²) in [5.41, 5.74) is 7.56. The molecule has 2 N–H and O–H groups in total. The normalized spacial score (nSPS) is 24.6. The predicted molar refractivity (Wildman–Crippen MR) is 77.2 cm³/mol. The van der Waals surface area contributed by atoms with Gasteiger partial charge in [0.25, 0.3) is 0 Å². The molecule has 106 valence electrons. The Labute approximate surface area is 118 Å². The second kappa shape index (κ2) is 6.50. The molecule has 1 aliphatic rings. The molecule has 19 heavy (non-hydrogen) atoms. The number of nitrogens with zero attached hydrogens (tertiary/aromatic N) is 1. The van der Waals surface area contributed by atoms with Crippen LogP contribution in [-0.2, 0) is 9.53 Å². The smallest absolute Gasteiger partial charge is 0.223 e. The molecule has 0 aliphatic carbocycles. The number of thiophene rings is 1. The number of methoxy groups -OCH3 is 1. The van der Waals surface area contributed by atoms with Crippen LogP contribution in [0.5, 0.6) is 0 Å². The van der Waals surface area contributed by atoms with E-state index in [-0.39, 0.29) is 18.0 Å². The van der Waals surface area contributed by atoms with Crippen molar-refractivity contribution in [3.8, 4) is 0 Å². The van der Waals surface area contributed by atoms with Crippen molar-refractivity contribution in [1.82, 2.24) is 4.90 Å². The highest BCUT2D eigenvalue weighted by atomic mass is 32.1. The lowest BCUT2D eigenvalue weighted by Gasteiger charge is -2.33. The van der Waals surface area contributed by atoms with E-state index < -0.39 is 0 Å². The fourth-order valence-corrected chi connectivity index (χ4v) is 3.77. The fraction of sp³-hybridized carbons (Fsp3) is 0.643. The van der Waals surface area contributed by atoms with E-state index in [4.69, 9.17) is 10.5 Å². The first-order valence-electron chi connectivity index (χ1n) is 6.73. The third kappa shape index (κ3) is 3.16. The Balaban J connectivity index is 2.31. The minimum Gasteiger partial charge on any atom is -0.383 e. The number of carbonyl (C=O) groups is 1. The SMILES string of the molecule is COCCN1C(=O)CCCC(N)C1c1sccc1C. The maximum atomic E-state index is 12.3. The molecule has 2 heterocycles. The molecular formula is C14H22N2O2S. The van der Waals surface area contributed by atoms with Gasteiger partial charge in [0.1, 0.15) is 0 Å². The zero-order chi connectivity index (χ0) is 13.8. The Kier molecular flexibility index (Phi) is 4.96. The molecule has 1 aromatic rings. The van der Waals surface area contributed by atoms with Crippen molar-refractivity contribution in [1.29, 1.82) is 0 Å². The standard InChI is InChI=1S/C14H22N2O2S/c1-10-6-9-19-14(10)13-11(15)4-3-5-12(17)16(13)7-8-18-2/h6,9,11,13H,3-5,7-8,15H2,1-2H3. The Morgan fingerprint density at radius 3 is 3.00 bits per heavy atom. The van der Waals surface area contributed by atoms with Crippen LogP contribution < -0.4 is 5.73 Å². The number of hydrogen-bond acceptors (Lipinski definition) is 4. The lowest BCUT2D eigenvalue weighted by Crippen LogP contribution is -2.43. The highest BCUT2D eigenvalue weighted by Crippen LogP contribution is 2.34. The molecule has 2 rings (SSSR count). The summed E-state index contributed by atoms with van der Waals surface area (Å²) in [7, 11) is 1.66. The average Bonchev–Trinajstić information content (AvgIpc) is 2.74. The first kappa shape index (κ1) is 14.5. The van der Waals surface area contributed by atoms with Crippen molar-refractivity contribution in [2.24, 2.45) is 5.73 Å². The molecule has 0 aromatic carbocycles. The van der Waals surface area contributed by atoms with Crippen molar-refractivity contribution in [2.45, 2.75) is 38.3 Å². The molecule has 1 aliphatic heterocycles. The van der Waals surface area contributed by atoms with Crippen LogP contribution in [0.25, 0.3) is 0 Å². The molecule has 0 bridgehead atoms. The second-order valence-corrected chi connectivity index (χ2v) is 6.00. The molecule has 1 fully saturated rings. The largest absolute Gasteiger partial charge is 0.383 e. The molecule has 2 atom stereocenters. The molecule has 1 saturated heterocycles. The number of carbonyl (C=O) groups excluding carboxylic acids is 1. The summed E-state index contributed by atoms with van der Waals surface area (Å²) in [4.78, 5) is 15.4. The lowest BCUT2D eigenvalue weighted by atomic mass is 10.0. The zero-order valence-corrected chi connectivity index (χ0v) is 12.4. The van der Waals surface area contributed by atoms with E-state index in [0.29, 0.717) is 19.6 Å². The van der Waals surface area contributed by atoms with Gasteiger partial charge in [0, 0.05) is 31.0 Å². The van der Waals surface area contributed by atoms with Crippen LogP contribution >= 0.6 is 11.3 Å². The average molecular weight is 282 g/mol. The number of rotatable bonds is 4. The highest BCUT2D eigenvalue weighted by Gasteiger charge is 2.34. The summed E-state index contributed by atoms with van der Waals surface area (Å²) in [6, 6.07) is 2.11. The van der Waals surface area contributed by atoms with E-state index in [1.54, 1.807) is 18.4 Å². The van der Waals surface area contributed by atoms with E-state index in [1.807, 2.05) is 4.90 Å². The van der Waals surface area contributed by atoms with E-state index in [9.17, 15) is 4.79 Å². The van der Waals surface area contributed by atoms with Crippen LogP contribution in [0.4, 0.5) is 0 Å². The van der Waals surface area contributed by atoms with E-state index in [1.165, 1.54) is 10.4 Å². The summed E-state index contributed by atoms with van der Waals surface area (Å²) < 4.78 is 5.13. The van der Waals surface area contributed by atoms with Crippen molar-refractivity contribution < 1.29 is 9.53 Å². The van der Waals surface area contributed by atoms with E-state index >= 15 is 0 Å². The lowest BCUT2D eigenvalue weighted by molar-refractivity contribution is -0.133. The van der Waals surface area contributed by atoms with Gasteiger partial charge in [-0.2, -0.15) is 0 Å². The van der Waals surface area contributed by atoms with Crippen LogP contribution in [0, 0.1) is 6.92 Å². The minimum atomic E-state index is 0.00477. The molecule has 2 unspecified atom stereocenters. The number of hydrogen-bond donors (Lipinski definition) is 1. The molecule has 5 heteroatoms. The maximum absolute atomic E-state index is 12.3. The highest BCUT2D eigenvalue weighted by molar-refractivity contribution is 7.10. The minimum absolute atomic E-state index is 0.00477. The van der Waals surface area contributed by atoms with Crippen LogP contribution in [0.1, 0.15) is 35.7 Å². The monoisotopic (exact) mass is 282 g/mol. The zero-order valence-electron chi connectivity index (χ0n) is 11.6. The van der Waals surface area contributed by atoms with Gasteiger partial charge in [-0.15, -0.1) is 11.3 Å². The molecule has 4 nitrogen and oxygen atoms in total. The Morgan fingerprint density at radius 2 is 2.37 bits per heavy atom. The van der Waals surface area contributed by atoms with Crippen LogP contribution in [0.2, 0.25) is 0 Å². The van der Waals surface area contributed by atoms with Gasteiger partial charge >= 0.3 is 0 Å². The van der Waals surface area contributed by atoms with Gasteiger partial charge in [-0.3, -0.25) is 4.79 Å². The quantitative estimate of drug-likeness (QED) is 0.920. The Hall–Kier alpha value is -0.910. The number of aryl methyl sites for hydroxylation is 1. The number of likely N-dealkylation sites (tertiary alicyclic amines) is 1. The van der Waals surface area contributed by atoms with Gasteiger partial charge in [-0.05, 0) is 36.8 Å². The summed E-state index contributed by atoms with van der Waals surface area (Å²) in [6.45, 7) is 3.26. The van der Waals surface area contributed by atoms with Gasteiger partial charge in [-0.25, -0.2) is 0 Å². The summed E-state index contributed by atoms with van der Waals surface area (Å²) in [5.74, 6) is 0.197. The number of ether oxygens (including phenoxy) is 1. The van der Waals surface area contributed by atoms with Crippen molar-refractivity contribution in [2.75, 3.05) is 20.3 Å². The molecule has 1 amide bonds. The van der Waals surface area contributed by atoms with Crippen LogP contribution in [0.3, 0.4) is 0 Å².